The molecule has 0 amide bonds. The topological polar surface area (TPSA) is 26.3 Å². The van der Waals surface area contributed by atoms with Crippen LogP contribution in [-0.2, 0) is 4.74 Å². The highest BCUT2D eigenvalue weighted by molar-refractivity contribution is 5.94. The van der Waals surface area contributed by atoms with Crippen molar-refractivity contribution in [2.75, 3.05) is 0 Å². The molecule has 0 aromatic heterocycles. The van der Waals surface area contributed by atoms with Gasteiger partial charge < -0.3 is 4.74 Å². The molecule has 1 aromatic carbocycles. The van der Waals surface area contributed by atoms with E-state index in [0.717, 1.165) is 23.1 Å². The third kappa shape index (κ3) is 1.13. The van der Waals surface area contributed by atoms with Crippen molar-refractivity contribution in [2.45, 2.75) is 26.4 Å². The lowest BCUT2D eigenvalue weighted by atomic mass is 9.98. The van der Waals surface area contributed by atoms with E-state index in [9.17, 15) is 4.79 Å². The summed E-state index contributed by atoms with van der Waals surface area (Å²) in [5.41, 5.74) is 2.97. The maximum Gasteiger partial charge on any atom is 0.339 e. The lowest BCUT2D eigenvalue weighted by Crippen LogP contribution is -1.96. The van der Waals surface area contributed by atoms with Gasteiger partial charge in [-0.25, -0.2) is 4.79 Å². The number of rotatable bonds is 1. The van der Waals surface area contributed by atoms with Gasteiger partial charge in [0.1, 0.15) is 6.10 Å². The molecule has 1 atom stereocenters. The van der Waals surface area contributed by atoms with Gasteiger partial charge in [0.25, 0.3) is 0 Å². The molecule has 1 unspecified atom stereocenters. The number of hydrogen-bond donors (Lipinski definition) is 0. The Balaban J connectivity index is 2.58. The van der Waals surface area contributed by atoms with Gasteiger partial charge in [0.2, 0.25) is 0 Å². The van der Waals surface area contributed by atoms with Crippen molar-refractivity contribution in [3.63, 3.8) is 0 Å². The molecule has 0 saturated heterocycles. The van der Waals surface area contributed by atoms with Crippen molar-refractivity contribution in [1.82, 2.24) is 0 Å². The first-order valence-electron chi connectivity index (χ1n) is 4.54. The second-order valence-electron chi connectivity index (χ2n) is 3.34. The zero-order valence-electron chi connectivity index (χ0n) is 7.83. The smallest absolute Gasteiger partial charge is 0.339 e. The van der Waals surface area contributed by atoms with Crippen LogP contribution in [0.1, 0.15) is 40.9 Å². The summed E-state index contributed by atoms with van der Waals surface area (Å²) in [4.78, 5) is 11.4. The molecule has 68 valence electrons. The molecule has 1 aromatic rings. The fourth-order valence-electron chi connectivity index (χ4n) is 1.83. The minimum atomic E-state index is -0.175. The van der Waals surface area contributed by atoms with Crippen LogP contribution in [0.5, 0.6) is 0 Å². The Hall–Kier alpha value is -1.31. The molecule has 2 heteroatoms. The Labute approximate surface area is 77.5 Å². The van der Waals surface area contributed by atoms with Gasteiger partial charge in [0.05, 0.1) is 5.56 Å². The first-order chi connectivity index (χ1) is 6.24. The van der Waals surface area contributed by atoms with Gasteiger partial charge in [-0.05, 0) is 25.0 Å². The summed E-state index contributed by atoms with van der Waals surface area (Å²) in [6.07, 6.45) is 0.826. The molecule has 13 heavy (non-hydrogen) atoms. The summed E-state index contributed by atoms with van der Waals surface area (Å²) in [5, 5.41) is 0. The molecular weight excluding hydrogens is 164 g/mol. The lowest BCUT2D eigenvalue weighted by Gasteiger charge is -2.08. The fraction of sp³-hybridized carbons (Fsp3) is 0.364. The Morgan fingerprint density at radius 1 is 1.46 bits per heavy atom. The van der Waals surface area contributed by atoms with Crippen LogP contribution in [0.4, 0.5) is 0 Å². The summed E-state index contributed by atoms with van der Waals surface area (Å²) in [6, 6.07) is 5.75. The standard InChI is InChI=1S/C11H12O2/c1-3-9-10-7(2)5-4-6-8(10)11(12)13-9/h4-6,9H,3H2,1-2H3. The van der Waals surface area contributed by atoms with Crippen LogP contribution in [0.3, 0.4) is 0 Å². The van der Waals surface area contributed by atoms with E-state index in [4.69, 9.17) is 4.74 Å². The highest BCUT2D eigenvalue weighted by Gasteiger charge is 2.30. The van der Waals surface area contributed by atoms with Crippen molar-refractivity contribution in [3.8, 4) is 0 Å². The zero-order chi connectivity index (χ0) is 9.42. The van der Waals surface area contributed by atoms with Crippen LogP contribution in [0.25, 0.3) is 0 Å². The van der Waals surface area contributed by atoms with E-state index in [1.54, 1.807) is 0 Å². The monoisotopic (exact) mass is 176 g/mol. The molecule has 0 aliphatic carbocycles. The maximum atomic E-state index is 11.4. The van der Waals surface area contributed by atoms with Gasteiger partial charge in [-0.3, -0.25) is 0 Å². The number of fused-ring (bicyclic) bond motifs is 1. The molecule has 1 aliphatic rings. The van der Waals surface area contributed by atoms with Gasteiger partial charge in [-0.15, -0.1) is 0 Å². The number of esters is 1. The quantitative estimate of drug-likeness (QED) is 0.615. The number of carbonyl (C=O) groups is 1. The molecule has 0 spiro atoms. The zero-order valence-corrected chi connectivity index (χ0v) is 7.83. The average Bonchev–Trinajstić information content (AvgIpc) is 2.45. The summed E-state index contributed by atoms with van der Waals surface area (Å²) in [7, 11) is 0. The summed E-state index contributed by atoms with van der Waals surface area (Å²) in [6.45, 7) is 4.04. The van der Waals surface area contributed by atoms with Gasteiger partial charge >= 0.3 is 5.97 Å². The van der Waals surface area contributed by atoms with Crippen molar-refractivity contribution >= 4 is 5.97 Å². The first-order valence-corrected chi connectivity index (χ1v) is 4.54. The molecule has 0 N–H and O–H groups in total. The largest absolute Gasteiger partial charge is 0.454 e. The minimum Gasteiger partial charge on any atom is -0.454 e. The van der Waals surface area contributed by atoms with E-state index in [2.05, 4.69) is 0 Å². The van der Waals surface area contributed by atoms with Crippen molar-refractivity contribution < 1.29 is 9.53 Å². The Morgan fingerprint density at radius 3 is 2.92 bits per heavy atom. The number of cyclic esters (lactones) is 1. The van der Waals surface area contributed by atoms with E-state index in [0.29, 0.717) is 0 Å². The Kier molecular flexibility index (Phi) is 1.83. The summed E-state index contributed by atoms with van der Waals surface area (Å²) < 4.78 is 5.22. The predicted octanol–water partition coefficient (Wildman–Crippen LogP) is 2.62. The maximum absolute atomic E-state index is 11.4. The average molecular weight is 176 g/mol. The molecule has 0 radical (unpaired) electrons. The molecule has 2 nitrogen and oxygen atoms in total. The molecule has 1 aliphatic heterocycles. The van der Waals surface area contributed by atoms with Crippen LogP contribution >= 0.6 is 0 Å². The molecule has 0 saturated carbocycles. The van der Waals surface area contributed by atoms with Gasteiger partial charge in [0, 0.05) is 5.56 Å². The Bertz CT molecular complexity index is 355. The minimum absolute atomic E-state index is 0.0244. The van der Waals surface area contributed by atoms with Gasteiger partial charge in [-0.2, -0.15) is 0 Å². The van der Waals surface area contributed by atoms with E-state index in [1.165, 1.54) is 0 Å². The highest BCUT2D eigenvalue weighted by Crippen LogP contribution is 2.34. The molecule has 0 fully saturated rings. The van der Waals surface area contributed by atoms with Crippen molar-refractivity contribution in [1.29, 1.82) is 0 Å². The molecule has 0 bridgehead atoms. The molecule has 1 heterocycles. The van der Waals surface area contributed by atoms with Gasteiger partial charge in [-0.1, -0.05) is 19.1 Å². The normalized spacial score (nSPS) is 19.8. The lowest BCUT2D eigenvalue weighted by molar-refractivity contribution is 0.0378. The second-order valence-corrected chi connectivity index (χ2v) is 3.34. The summed E-state index contributed by atoms with van der Waals surface area (Å²) >= 11 is 0. The van der Waals surface area contributed by atoms with Crippen LogP contribution in [0, 0.1) is 6.92 Å². The molecular formula is C11H12O2. The number of aryl methyl sites for hydroxylation is 1. The Morgan fingerprint density at radius 2 is 2.23 bits per heavy atom. The number of carbonyl (C=O) groups excluding carboxylic acids is 1. The van der Waals surface area contributed by atoms with Crippen LogP contribution < -0.4 is 0 Å². The van der Waals surface area contributed by atoms with Crippen molar-refractivity contribution in [2.24, 2.45) is 0 Å². The van der Waals surface area contributed by atoms with Crippen LogP contribution in [0.15, 0.2) is 18.2 Å². The SMILES string of the molecule is CCC1OC(=O)c2cccc(C)c21. The third-order valence-electron chi connectivity index (χ3n) is 2.49. The van der Waals surface area contributed by atoms with E-state index >= 15 is 0 Å². The first kappa shape index (κ1) is 8.30. The van der Waals surface area contributed by atoms with Crippen LogP contribution in [-0.4, -0.2) is 5.97 Å². The molecule has 2 rings (SSSR count). The fourth-order valence-corrected chi connectivity index (χ4v) is 1.83. The summed E-state index contributed by atoms with van der Waals surface area (Å²) in [5.74, 6) is -0.175. The van der Waals surface area contributed by atoms with Crippen LogP contribution in [0.2, 0.25) is 0 Å². The van der Waals surface area contributed by atoms with E-state index in [1.807, 2.05) is 32.0 Å². The van der Waals surface area contributed by atoms with Gasteiger partial charge in [0.15, 0.2) is 0 Å². The van der Waals surface area contributed by atoms with Crippen molar-refractivity contribution in [3.05, 3.63) is 34.9 Å². The number of hydrogen-bond acceptors (Lipinski definition) is 2. The number of benzene rings is 1. The highest BCUT2D eigenvalue weighted by atomic mass is 16.5. The second kappa shape index (κ2) is 2.87. The van der Waals surface area contributed by atoms with E-state index in [-0.39, 0.29) is 12.1 Å². The number of ether oxygens (including phenoxy) is 1. The van der Waals surface area contributed by atoms with E-state index < -0.39 is 0 Å². The predicted molar refractivity (Wildman–Crippen MR) is 49.6 cm³/mol. The third-order valence-corrected chi connectivity index (χ3v) is 2.49.